The van der Waals surface area contributed by atoms with Gasteiger partial charge in [0.2, 0.25) is 0 Å². The van der Waals surface area contributed by atoms with E-state index >= 15 is 0 Å². The quantitative estimate of drug-likeness (QED) is 0.769. The van der Waals surface area contributed by atoms with E-state index < -0.39 is 30.5 Å². The van der Waals surface area contributed by atoms with Gasteiger partial charge in [-0.3, -0.25) is 0 Å². The van der Waals surface area contributed by atoms with Gasteiger partial charge in [0.15, 0.2) is 0 Å². The molecule has 1 saturated heterocycles. The third kappa shape index (κ3) is 3.28. The molecule has 2 rings (SSSR count). The van der Waals surface area contributed by atoms with Gasteiger partial charge in [-0.15, -0.1) is 0 Å². The van der Waals surface area contributed by atoms with Gasteiger partial charge in [-0.2, -0.15) is 13.2 Å². The summed E-state index contributed by atoms with van der Waals surface area (Å²) in [4.78, 5) is 0.944. The highest BCUT2D eigenvalue weighted by atomic mass is 19.4. The van der Waals surface area contributed by atoms with Gasteiger partial charge in [0, 0.05) is 17.8 Å². The summed E-state index contributed by atoms with van der Waals surface area (Å²) in [5, 5.41) is 0. The van der Waals surface area contributed by atoms with Gasteiger partial charge in [0.25, 0.3) is 0 Å². The van der Waals surface area contributed by atoms with Crippen molar-refractivity contribution in [1.82, 2.24) is 0 Å². The van der Waals surface area contributed by atoms with Crippen molar-refractivity contribution < 1.29 is 26.7 Å². The number of benzene rings is 1. The molecule has 1 fully saturated rings. The van der Waals surface area contributed by atoms with Crippen LogP contribution in [0.15, 0.2) is 12.1 Å². The summed E-state index contributed by atoms with van der Waals surface area (Å²) >= 11 is 0. The van der Waals surface area contributed by atoms with E-state index in [0.29, 0.717) is 0 Å². The van der Waals surface area contributed by atoms with Crippen LogP contribution in [0.5, 0.6) is 0 Å². The molecule has 0 aliphatic carbocycles. The van der Waals surface area contributed by atoms with Crippen LogP contribution < -0.4 is 4.90 Å². The van der Waals surface area contributed by atoms with E-state index in [1.165, 1.54) is 0 Å². The topological polar surface area (TPSA) is 12.5 Å². The lowest BCUT2D eigenvalue weighted by molar-refractivity contribution is -0.167. The smallest absolute Gasteiger partial charge is 0.377 e. The van der Waals surface area contributed by atoms with Crippen LogP contribution >= 0.6 is 0 Å². The molecule has 1 aliphatic rings. The predicted molar refractivity (Wildman–Crippen MR) is 68.5 cm³/mol. The monoisotopic (exact) mass is 309 g/mol. The zero-order chi connectivity index (χ0) is 15.8. The molecule has 118 valence electrons. The summed E-state index contributed by atoms with van der Waals surface area (Å²) in [6.07, 6.45) is -4.52. The maximum atomic E-state index is 14.0. The van der Waals surface area contributed by atoms with Crippen LogP contribution in [-0.2, 0) is 4.74 Å². The Morgan fingerprint density at radius 1 is 1.19 bits per heavy atom. The van der Waals surface area contributed by atoms with Gasteiger partial charge in [-0.05, 0) is 18.1 Å². The lowest BCUT2D eigenvalue weighted by Crippen LogP contribution is -2.53. The molecule has 0 saturated carbocycles. The molecule has 7 heteroatoms. The lowest BCUT2D eigenvalue weighted by Gasteiger charge is -2.38. The summed E-state index contributed by atoms with van der Waals surface area (Å²) in [5.41, 5.74) is -0.226. The number of anilines is 1. The Labute approximate surface area is 119 Å². The van der Waals surface area contributed by atoms with Crippen molar-refractivity contribution in [2.45, 2.75) is 32.0 Å². The molecule has 0 amide bonds. The Kier molecular flexibility index (Phi) is 4.41. The number of rotatable bonds is 2. The van der Waals surface area contributed by atoms with Crippen LogP contribution in [-0.4, -0.2) is 32.0 Å². The number of ether oxygens (including phenoxy) is 1. The normalized spacial score (nSPS) is 20.2. The molecule has 0 N–H and O–H groups in total. The van der Waals surface area contributed by atoms with E-state index in [9.17, 15) is 22.0 Å². The Morgan fingerprint density at radius 2 is 1.76 bits per heavy atom. The molecule has 0 unspecified atom stereocenters. The van der Waals surface area contributed by atoms with Crippen LogP contribution in [0.1, 0.15) is 25.3 Å². The fourth-order valence-electron chi connectivity index (χ4n) is 2.47. The SMILES string of the molecule is CC(C)c1c(F)cc(N2CCOC[C@@H]2C(F)(F)F)cc1F. The van der Waals surface area contributed by atoms with E-state index in [0.717, 1.165) is 17.0 Å². The fraction of sp³-hybridized carbons (Fsp3) is 0.571. The first-order chi connectivity index (χ1) is 9.71. The van der Waals surface area contributed by atoms with Crippen molar-refractivity contribution >= 4 is 5.69 Å². The number of hydrogen-bond acceptors (Lipinski definition) is 2. The van der Waals surface area contributed by atoms with E-state index in [2.05, 4.69) is 0 Å². The second-order valence-electron chi connectivity index (χ2n) is 5.30. The predicted octanol–water partition coefficient (Wildman–Crippen LogP) is 3.86. The van der Waals surface area contributed by atoms with Crippen LogP contribution in [0.25, 0.3) is 0 Å². The Hall–Kier alpha value is -1.37. The third-order valence-corrected chi connectivity index (χ3v) is 3.48. The summed E-state index contributed by atoms with van der Waals surface area (Å²) in [6.45, 7) is 2.72. The van der Waals surface area contributed by atoms with Crippen LogP contribution in [0.4, 0.5) is 27.6 Å². The van der Waals surface area contributed by atoms with Crippen LogP contribution in [0.3, 0.4) is 0 Å². The number of hydrogen-bond donors (Lipinski definition) is 0. The number of morpholine rings is 1. The number of nitrogens with zero attached hydrogens (tertiary/aromatic N) is 1. The van der Waals surface area contributed by atoms with Crippen molar-refractivity contribution in [3.05, 3.63) is 29.3 Å². The van der Waals surface area contributed by atoms with Crippen LogP contribution in [0, 0.1) is 11.6 Å². The number of halogens is 5. The van der Waals surface area contributed by atoms with E-state index in [4.69, 9.17) is 4.74 Å². The maximum absolute atomic E-state index is 14.0. The highest BCUT2D eigenvalue weighted by molar-refractivity contribution is 5.51. The van der Waals surface area contributed by atoms with Gasteiger partial charge in [-0.25, -0.2) is 8.78 Å². The zero-order valence-corrected chi connectivity index (χ0v) is 11.7. The van der Waals surface area contributed by atoms with E-state index in [-0.39, 0.29) is 30.3 Å². The molecule has 2 nitrogen and oxygen atoms in total. The van der Waals surface area contributed by atoms with Gasteiger partial charge in [0.1, 0.15) is 17.7 Å². The van der Waals surface area contributed by atoms with Gasteiger partial charge >= 0.3 is 6.18 Å². The fourth-order valence-corrected chi connectivity index (χ4v) is 2.47. The van der Waals surface area contributed by atoms with Crippen molar-refractivity contribution in [3.63, 3.8) is 0 Å². The molecule has 1 aromatic carbocycles. The van der Waals surface area contributed by atoms with Crippen molar-refractivity contribution in [2.75, 3.05) is 24.7 Å². The molecule has 0 spiro atoms. The molecule has 1 aliphatic heterocycles. The average molecular weight is 309 g/mol. The number of alkyl halides is 3. The van der Waals surface area contributed by atoms with Crippen molar-refractivity contribution in [1.29, 1.82) is 0 Å². The molecule has 21 heavy (non-hydrogen) atoms. The van der Waals surface area contributed by atoms with E-state index in [1.54, 1.807) is 13.8 Å². The van der Waals surface area contributed by atoms with Gasteiger partial charge in [0.05, 0.1) is 13.2 Å². The molecule has 1 heterocycles. The minimum absolute atomic E-state index is 0.0654. The first-order valence-electron chi connectivity index (χ1n) is 6.62. The van der Waals surface area contributed by atoms with Gasteiger partial charge < -0.3 is 9.64 Å². The lowest BCUT2D eigenvalue weighted by atomic mass is 10.0. The molecule has 1 atom stereocenters. The molecule has 1 aromatic rings. The van der Waals surface area contributed by atoms with Crippen LogP contribution in [0.2, 0.25) is 0 Å². The van der Waals surface area contributed by atoms with Crippen molar-refractivity contribution in [3.8, 4) is 0 Å². The minimum atomic E-state index is -4.52. The highest BCUT2D eigenvalue weighted by Gasteiger charge is 2.45. The largest absolute Gasteiger partial charge is 0.411 e. The first kappa shape index (κ1) is 16.0. The van der Waals surface area contributed by atoms with Gasteiger partial charge in [-0.1, -0.05) is 13.8 Å². The summed E-state index contributed by atoms with van der Waals surface area (Å²) in [5.74, 6) is -2.04. The Bertz CT molecular complexity index is 492. The second kappa shape index (κ2) is 5.79. The molecule has 0 aromatic heterocycles. The minimum Gasteiger partial charge on any atom is -0.377 e. The molecule has 0 bridgehead atoms. The summed E-state index contributed by atoms with van der Waals surface area (Å²) in [6, 6.07) is 0.0280. The first-order valence-corrected chi connectivity index (χ1v) is 6.62. The second-order valence-corrected chi connectivity index (χ2v) is 5.30. The zero-order valence-electron chi connectivity index (χ0n) is 11.7. The molecule has 0 radical (unpaired) electrons. The third-order valence-electron chi connectivity index (χ3n) is 3.48. The highest BCUT2D eigenvalue weighted by Crippen LogP contribution is 2.33. The van der Waals surface area contributed by atoms with E-state index in [1.807, 2.05) is 0 Å². The molecular formula is C14H16F5NO. The molecular weight excluding hydrogens is 293 g/mol. The standard InChI is InChI=1S/C14H16F5NO/c1-8(2)13-10(15)5-9(6-11(13)16)20-3-4-21-7-12(20)14(17,18)19/h5-6,8,12H,3-4,7H2,1-2H3/t12-/m1/s1. The summed E-state index contributed by atoms with van der Waals surface area (Å²) in [7, 11) is 0. The van der Waals surface area contributed by atoms with Crippen molar-refractivity contribution in [2.24, 2.45) is 0 Å². The maximum Gasteiger partial charge on any atom is 0.411 e. The average Bonchev–Trinajstić information content (AvgIpc) is 2.36. The summed E-state index contributed by atoms with van der Waals surface area (Å²) < 4.78 is 71.7. The Morgan fingerprint density at radius 3 is 2.24 bits per heavy atom. The Balaban J connectivity index is 2.40.